The van der Waals surface area contributed by atoms with Crippen molar-refractivity contribution >= 4 is 5.91 Å². The lowest BCUT2D eigenvalue weighted by Gasteiger charge is -2.49. The zero-order valence-electron chi connectivity index (χ0n) is 9.83. The molecule has 0 bridgehead atoms. The van der Waals surface area contributed by atoms with Gasteiger partial charge in [0.05, 0.1) is 5.54 Å². The van der Waals surface area contributed by atoms with E-state index in [0.29, 0.717) is 30.7 Å². The first kappa shape index (κ1) is 10.9. The van der Waals surface area contributed by atoms with E-state index in [1.165, 1.54) is 12.8 Å². The van der Waals surface area contributed by atoms with E-state index in [2.05, 4.69) is 18.7 Å². The molecule has 3 heteroatoms. The molecule has 1 saturated heterocycles. The van der Waals surface area contributed by atoms with Crippen LogP contribution in [0.15, 0.2) is 0 Å². The van der Waals surface area contributed by atoms with Crippen molar-refractivity contribution in [2.24, 2.45) is 17.6 Å². The van der Waals surface area contributed by atoms with Gasteiger partial charge in [0, 0.05) is 19.5 Å². The fourth-order valence-electron chi connectivity index (χ4n) is 3.17. The van der Waals surface area contributed by atoms with E-state index in [1.54, 1.807) is 0 Å². The molecule has 86 valence electrons. The van der Waals surface area contributed by atoms with Crippen LogP contribution in [0.2, 0.25) is 0 Å². The molecule has 3 nitrogen and oxygen atoms in total. The number of amides is 1. The van der Waals surface area contributed by atoms with Crippen molar-refractivity contribution in [3.05, 3.63) is 0 Å². The molecule has 2 N–H and O–H groups in total. The molecule has 0 aromatic carbocycles. The smallest absolute Gasteiger partial charge is 0.223 e. The lowest BCUT2D eigenvalue weighted by Crippen LogP contribution is -2.60. The maximum Gasteiger partial charge on any atom is 0.223 e. The minimum atomic E-state index is 0.0615. The SMILES string of the molecule is CC(C)CC(=O)N1CCC2CCC21CN. The number of nitrogens with zero attached hydrogens (tertiary/aromatic N) is 1. The van der Waals surface area contributed by atoms with Crippen LogP contribution in [-0.2, 0) is 4.79 Å². The molecule has 0 aromatic heterocycles. The summed E-state index contributed by atoms with van der Waals surface area (Å²) < 4.78 is 0. The molecule has 1 amide bonds. The van der Waals surface area contributed by atoms with E-state index >= 15 is 0 Å². The Bertz CT molecular complexity index is 260. The zero-order valence-corrected chi connectivity index (χ0v) is 9.83. The van der Waals surface area contributed by atoms with Crippen LogP contribution in [0.1, 0.15) is 39.5 Å². The monoisotopic (exact) mass is 210 g/mol. The van der Waals surface area contributed by atoms with Crippen molar-refractivity contribution < 1.29 is 4.79 Å². The average Bonchev–Trinajstić information content (AvgIpc) is 2.37. The maximum absolute atomic E-state index is 12.1. The second kappa shape index (κ2) is 3.78. The second-order valence-corrected chi connectivity index (χ2v) is 5.48. The summed E-state index contributed by atoms with van der Waals surface area (Å²) in [5.41, 5.74) is 5.94. The Labute approximate surface area is 92.0 Å². The van der Waals surface area contributed by atoms with Crippen molar-refractivity contribution in [2.75, 3.05) is 13.1 Å². The van der Waals surface area contributed by atoms with Crippen molar-refractivity contribution in [1.82, 2.24) is 4.90 Å². The topological polar surface area (TPSA) is 46.3 Å². The summed E-state index contributed by atoms with van der Waals surface area (Å²) in [7, 11) is 0. The highest BCUT2D eigenvalue weighted by atomic mass is 16.2. The van der Waals surface area contributed by atoms with E-state index in [-0.39, 0.29) is 5.54 Å². The Morgan fingerprint density at radius 1 is 1.53 bits per heavy atom. The Morgan fingerprint density at radius 3 is 2.73 bits per heavy atom. The molecular weight excluding hydrogens is 188 g/mol. The van der Waals surface area contributed by atoms with Crippen molar-refractivity contribution in [3.63, 3.8) is 0 Å². The molecule has 15 heavy (non-hydrogen) atoms. The number of carbonyl (C=O) groups excluding carboxylic acids is 1. The van der Waals surface area contributed by atoms with Crippen LogP contribution < -0.4 is 5.73 Å². The minimum Gasteiger partial charge on any atom is -0.335 e. The molecule has 1 saturated carbocycles. The first-order valence-electron chi connectivity index (χ1n) is 6.10. The summed E-state index contributed by atoms with van der Waals surface area (Å²) in [5.74, 6) is 1.46. The summed E-state index contributed by atoms with van der Waals surface area (Å²) in [6, 6.07) is 0. The quantitative estimate of drug-likeness (QED) is 0.764. The summed E-state index contributed by atoms with van der Waals surface area (Å²) in [5, 5.41) is 0. The standard InChI is InChI=1S/C12H22N2O/c1-9(2)7-11(15)14-6-4-10-3-5-12(10,14)8-13/h9-10H,3-8,13H2,1-2H3. The molecule has 2 unspecified atom stereocenters. The first-order chi connectivity index (χ1) is 7.10. The van der Waals surface area contributed by atoms with Crippen LogP contribution in [0, 0.1) is 11.8 Å². The van der Waals surface area contributed by atoms with Crippen molar-refractivity contribution in [2.45, 2.75) is 45.1 Å². The van der Waals surface area contributed by atoms with Gasteiger partial charge in [0.2, 0.25) is 5.91 Å². The van der Waals surface area contributed by atoms with Gasteiger partial charge in [-0.15, -0.1) is 0 Å². The molecule has 0 aromatic rings. The lowest BCUT2D eigenvalue weighted by molar-refractivity contribution is -0.139. The zero-order chi connectivity index (χ0) is 11.1. The summed E-state index contributed by atoms with van der Waals surface area (Å²) >= 11 is 0. The van der Waals surface area contributed by atoms with Gasteiger partial charge in [0.1, 0.15) is 0 Å². The first-order valence-corrected chi connectivity index (χ1v) is 6.10. The molecule has 0 spiro atoms. The van der Waals surface area contributed by atoms with Gasteiger partial charge in [0.15, 0.2) is 0 Å². The number of rotatable bonds is 3. The number of likely N-dealkylation sites (tertiary alicyclic amines) is 1. The van der Waals surface area contributed by atoms with Gasteiger partial charge in [-0.1, -0.05) is 13.8 Å². The molecule has 1 aliphatic carbocycles. The third-order valence-electron chi connectivity index (χ3n) is 4.16. The van der Waals surface area contributed by atoms with Crippen LogP contribution in [-0.4, -0.2) is 29.4 Å². The number of carbonyl (C=O) groups is 1. The number of hydrogen-bond acceptors (Lipinski definition) is 2. The van der Waals surface area contributed by atoms with E-state index in [4.69, 9.17) is 5.73 Å². The Morgan fingerprint density at radius 2 is 2.27 bits per heavy atom. The second-order valence-electron chi connectivity index (χ2n) is 5.48. The Hall–Kier alpha value is -0.570. The highest BCUT2D eigenvalue weighted by Gasteiger charge is 2.55. The molecule has 2 aliphatic rings. The molecule has 1 heterocycles. The summed E-state index contributed by atoms with van der Waals surface area (Å²) in [6.45, 7) is 5.79. The summed E-state index contributed by atoms with van der Waals surface area (Å²) in [4.78, 5) is 14.2. The predicted octanol–water partition coefficient (Wildman–Crippen LogP) is 1.37. The molecular formula is C12H22N2O. The van der Waals surface area contributed by atoms with Crippen LogP contribution in [0.25, 0.3) is 0 Å². The van der Waals surface area contributed by atoms with E-state index in [9.17, 15) is 4.79 Å². The third kappa shape index (κ3) is 1.57. The van der Waals surface area contributed by atoms with Gasteiger partial charge in [-0.3, -0.25) is 4.79 Å². The Kier molecular flexibility index (Phi) is 2.75. The lowest BCUT2D eigenvalue weighted by atomic mass is 9.67. The largest absolute Gasteiger partial charge is 0.335 e. The normalized spacial score (nSPS) is 34.1. The fourth-order valence-corrected chi connectivity index (χ4v) is 3.17. The molecule has 1 aliphatic heterocycles. The van der Waals surface area contributed by atoms with Gasteiger partial charge in [-0.25, -0.2) is 0 Å². The third-order valence-corrected chi connectivity index (χ3v) is 4.16. The average molecular weight is 210 g/mol. The van der Waals surface area contributed by atoms with E-state index < -0.39 is 0 Å². The molecule has 2 fully saturated rings. The van der Waals surface area contributed by atoms with E-state index in [0.717, 1.165) is 13.0 Å². The van der Waals surface area contributed by atoms with Crippen molar-refractivity contribution in [3.8, 4) is 0 Å². The highest BCUT2D eigenvalue weighted by molar-refractivity contribution is 5.78. The molecule has 2 rings (SSSR count). The maximum atomic E-state index is 12.1. The van der Waals surface area contributed by atoms with Gasteiger partial charge in [0.25, 0.3) is 0 Å². The van der Waals surface area contributed by atoms with Crippen LogP contribution >= 0.6 is 0 Å². The highest BCUT2D eigenvalue weighted by Crippen LogP contribution is 2.49. The molecule has 2 atom stereocenters. The van der Waals surface area contributed by atoms with Crippen LogP contribution in [0.4, 0.5) is 0 Å². The van der Waals surface area contributed by atoms with Gasteiger partial charge in [-0.2, -0.15) is 0 Å². The fraction of sp³-hybridized carbons (Fsp3) is 0.917. The molecule has 0 radical (unpaired) electrons. The number of nitrogens with two attached hydrogens (primary N) is 1. The predicted molar refractivity (Wildman–Crippen MR) is 60.3 cm³/mol. The number of hydrogen-bond donors (Lipinski definition) is 1. The number of fused-ring (bicyclic) bond motifs is 1. The van der Waals surface area contributed by atoms with Gasteiger partial charge >= 0.3 is 0 Å². The Balaban J connectivity index is 2.06. The van der Waals surface area contributed by atoms with Crippen molar-refractivity contribution in [1.29, 1.82) is 0 Å². The van der Waals surface area contributed by atoms with Gasteiger partial charge < -0.3 is 10.6 Å². The van der Waals surface area contributed by atoms with Crippen LogP contribution in [0.5, 0.6) is 0 Å². The van der Waals surface area contributed by atoms with E-state index in [1.807, 2.05) is 0 Å². The minimum absolute atomic E-state index is 0.0615. The van der Waals surface area contributed by atoms with Crippen LogP contribution in [0.3, 0.4) is 0 Å². The van der Waals surface area contributed by atoms with Gasteiger partial charge in [-0.05, 0) is 31.1 Å². The summed E-state index contributed by atoms with van der Waals surface area (Å²) in [6.07, 6.45) is 4.23.